The Hall–Kier alpha value is -3.22. The van der Waals surface area contributed by atoms with E-state index in [1.807, 2.05) is 25.1 Å². The first-order chi connectivity index (χ1) is 12.6. The molecule has 1 aromatic heterocycles. The van der Waals surface area contributed by atoms with E-state index in [1.54, 1.807) is 21.9 Å². The molecule has 0 radical (unpaired) electrons. The van der Waals surface area contributed by atoms with Gasteiger partial charge in [0.1, 0.15) is 5.69 Å². The first-order valence-electron chi connectivity index (χ1n) is 8.39. The molecule has 1 aliphatic rings. The number of hydrogen-bond donors (Lipinski definition) is 1. The van der Waals surface area contributed by atoms with Gasteiger partial charge in [-0.05, 0) is 36.8 Å². The van der Waals surface area contributed by atoms with E-state index in [-0.39, 0.29) is 17.5 Å². The van der Waals surface area contributed by atoms with Crippen molar-refractivity contribution in [3.63, 3.8) is 0 Å². The lowest BCUT2D eigenvalue weighted by Crippen LogP contribution is -2.48. The number of nitrogens with one attached hydrogen (secondary N) is 1. The number of carbonyl (C=O) groups excluding carboxylic acids is 3. The summed E-state index contributed by atoms with van der Waals surface area (Å²) in [5.41, 5.74) is 2.31. The first kappa shape index (κ1) is 17.6. The van der Waals surface area contributed by atoms with E-state index >= 15 is 0 Å². The van der Waals surface area contributed by atoms with Crippen LogP contribution in [0.4, 0.5) is 5.69 Å². The molecule has 1 fully saturated rings. The summed E-state index contributed by atoms with van der Waals surface area (Å²) >= 11 is 0. The van der Waals surface area contributed by atoms with Gasteiger partial charge in [-0.25, -0.2) is 0 Å². The standard InChI is InChI=1S/C19H20N4O3/c1-14-3-2-4-16(11-14)21-18(25)17-12-15(5-6-20-17)19(26)23-9-7-22(13-24)8-10-23/h2-6,11-13H,7-10H2,1H3,(H,21,25). The van der Waals surface area contributed by atoms with Gasteiger partial charge in [-0.3, -0.25) is 19.4 Å². The predicted octanol–water partition coefficient (Wildman–Crippen LogP) is 1.56. The van der Waals surface area contributed by atoms with E-state index in [0.717, 1.165) is 12.0 Å². The van der Waals surface area contributed by atoms with E-state index < -0.39 is 0 Å². The molecule has 3 amide bonds. The molecule has 7 nitrogen and oxygen atoms in total. The summed E-state index contributed by atoms with van der Waals surface area (Å²) in [4.78, 5) is 43.2. The molecule has 1 saturated heterocycles. The second kappa shape index (κ2) is 7.77. The van der Waals surface area contributed by atoms with Gasteiger partial charge in [0, 0.05) is 43.6 Å². The zero-order valence-corrected chi connectivity index (χ0v) is 14.5. The Balaban J connectivity index is 1.70. The van der Waals surface area contributed by atoms with Crippen LogP contribution >= 0.6 is 0 Å². The Labute approximate surface area is 151 Å². The molecule has 1 aliphatic heterocycles. The van der Waals surface area contributed by atoms with E-state index in [2.05, 4.69) is 10.3 Å². The van der Waals surface area contributed by atoms with Crippen LogP contribution in [0.15, 0.2) is 42.6 Å². The zero-order valence-electron chi connectivity index (χ0n) is 14.5. The predicted molar refractivity (Wildman–Crippen MR) is 96.9 cm³/mol. The number of anilines is 1. The second-order valence-corrected chi connectivity index (χ2v) is 6.19. The van der Waals surface area contributed by atoms with Crippen LogP contribution in [0.3, 0.4) is 0 Å². The molecule has 0 unspecified atom stereocenters. The van der Waals surface area contributed by atoms with Crippen LogP contribution in [0.1, 0.15) is 26.4 Å². The minimum absolute atomic E-state index is 0.164. The third kappa shape index (κ3) is 4.05. The van der Waals surface area contributed by atoms with Gasteiger partial charge in [0.2, 0.25) is 6.41 Å². The highest BCUT2D eigenvalue weighted by Gasteiger charge is 2.22. The molecule has 2 aromatic rings. The second-order valence-electron chi connectivity index (χ2n) is 6.19. The van der Waals surface area contributed by atoms with Crippen LogP contribution in [-0.2, 0) is 4.79 Å². The molecule has 0 bridgehead atoms. The number of pyridine rings is 1. The lowest BCUT2D eigenvalue weighted by atomic mass is 10.1. The Morgan fingerprint density at radius 3 is 2.58 bits per heavy atom. The van der Waals surface area contributed by atoms with Crippen molar-refractivity contribution in [2.24, 2.45) is 0 Å². The number of piperazine rings is 1. The molecule has 134 valence electrons. The average molecular weight is 352 g/mol. The fraction of sp³-hybridized carbons (Fsp3) is 0.263. The van der Waals surface area contributed by atoms with Crippen LogP contribution in [0.25, 0.3) is 0 Å². The molecule has 26 heavy (non-hydrogen) atoms. The van der Waals surface area contributed by atoms with Crippen LogP contribution in [0.2, 0.25) is 0 Å². The minimum Gasteiger partial charge on any atom is -0.342 e. The van der Waals surface area contributed by atoms with E-state index in [9.17, 15) is 14.4 Å². The van der Waals surface area contributed by atoms with Gasteiger partial charge >= 0.3 is 0 Å². The van der Waals surface area contributed by atoms with Crippen molar-refractivity contribution < 1.29 is 14.4 Å². The van der Waals surface area contributed by atoms with E-state index in [1.165, 1.54) is 12.3 Å². The average Bonchev–Trinajstić information content (AvgIpc) is 2.67. The van der Waals surface area contributed by atoms with Gasteiger partial charge in [0.25, 0.3) is 11.8 Å². The third-order valence-electron chi connectivity index (χ3n) is 4.27. The minimum atomic E-state index is -0.365. The number of aromatic nitrogens is 1. The van der Waals surface area contributed by atoms with Gasteiger partial charge in [-0.15, -0.1) is 0 Å². The number of hydrogen-bond acceptors (Lipinski definition) is 4. The topological polar surface area (TPSA) is 82.6 Å². The number of aryl methyl sites for hydroxylation is 1. The van der Waals surface area contributed by atoms with Gasteiger partial charge < -0.3 is 15.1 Å². The molecular formula is C19H20N4O3. The SMILES string of the molecule is Cc1cccc(NC(=O)c2cc(C(=O)N3CCN(C=O)CC3)ccn2)c1. The van der Waals surface area contributed by atoms with Crippen molar-refractivity contribution in [2.45, 2.75) is 6.92 Å². The van der Waals surface area contributed by atoms with E-state index in [4.69, 9.17) is 0 Å². The molecule has 2 heterocycles. The molecule has 7 heteroatoms. The van der Waals surface area contributed by atoms with Gasteiger partial charge in [-0.2, -0.15) is 0 Å². The monoisotopic (exact) mass is 352 g/mol. The molecular weight excluding hydrogens is 332 g/mol. The maximum Gasteiger partial charge on any atom is 0.274 e. The zero-order chi connectivity index (χ0) is 18.5. The van der Waals surface area contributed by atoms with Gasteiger partial charge in [0.05, 0.1) is 0 Å². The Kier molecular flexibility index (Phi) is 5.26. The van der Waals surface area contributed by atoms with Crippen LogP contribution < -0.4 is 5.32 Å². The third-order valence-corrected chi connectivity index (χ3v) is 4.27. The fourth-order valence-electron chi connectivity index (χ4n) is 2.82. The fourth-order valence-corrected chi connectivity index (χ4v) is 2.82. The lowest BCUT2D eigenvalue weighted by Gasteiger charge is -2.32. The first-order valence-corrected chi connectivity index (χ1v) is 8.39. The number of rotatable bonds is 4. The van der Waals surface area contributed by atoms with E-state index in [0.29, 0.717) is 37.4 Å². The van der Waals surface area contributed by atoms with Crippen LogP contribution in [0.5, 0.6) is 0 Å². The quantitative estimate of drug-likeness (QED) is 0.847. The summed E-state index contributed by atoms with van der Waals surface area (Å²) in [6.45, 7) is 3.93. The lowest BCUT2D eigenvalue weighted by molar-refractivity contribution is -0.119. The summed E-state index contributed by atoms with van der Waals surface area (Å²) in [7, 11) is 0. The van der Waals surface area contributed by atoms with Gasteiger partial charge in [0.15, 0.2) is 0 Å². The number of benzene rings is 1. The number of amides is 3. The smallest absolute Gasteiger partial charge is 0.274 e. The van der Waals surface area contributed by atoms with Crippen LogP contribution in [-0.4, -0.2) is 59.2 Å². The summed E-state index contributed by atoms with van der Waals surface area (Å²) < 4.78 is 0. The highest BCUT2D eigenvalue weighted by molar-refractivity contribution is 6.04. The Morgan fingerprint density at radius 1 is 1.12 bits per heavy atom. The normalized spacial score (nSPS) is 14.0. The van der Waals surface area contributed by atoms with Crippen molar-refractivity contribution in [1.82, 2.24) is 14.8 Å². The molecule has 0 atom stereocenters. The molecule has 0 spiro atoms. The summed E-state index contributed by atoms with van der Waals surface area (Å²) in [6.07, 6.45) is 2.25. The highest BCUT2D eigenvalue weighted by Crippen LogP contribution is 2.13. The maximum atomic E-state index is 12.6. The Morgan fingerprint density at radius 2 is 1.88 bits per heavy atom. The maximum absolute atomic E-state index is 12.6. The van der Waals surface area contributed by atoms with Crippen molar-refractivity contribution in [2.75, 3.05) is 31.5 Å². The largest absolute Gasteiger partial charge is 0.342 e. The van der Waals surface area contributed by atoms with Crippen molar-refractivity contribution in [1.29, 1.82) is 0 Å². The van der Waals surface area contributed by atoms with Crippen LogP contribution in [0, 0.1) is 6.92 Å². The van der Waals surface area contributed by atoms with Crippen molar-refractivity contribution >= 4 is 23.9 Å². The highest BCUT2D eigenvalue weighted by atomic mass is 16.2. The molecule has 0 saturated carbocycles. The summed E-state index contributed by atoms with van der Waals surface area (Å²) in [6, 6.07) is 10.6. The van der Waals surface area contributed by atoms with Crippen molar-refractivity contribution in [3.8, 4) is 0 Å². The summed E-state index contributed by atoms with van der Waals surface area (Å²) in [5, 5.41) is 2.79. The Bertz CT molecular complexity index is 829. The molecule has 1 aromatic carbocycles. The number of nitrogens with zero attached hydrogens (tertiary/aromatic N) is 3. The molecule has 0 aliphatic carbocycles. The number of carbonyl (C=O) groups is 3. The van der Waals surface area contributed by atoms with Gasteiger partial charge in [-0.1, -0.05) is 12.1 Å². The summed E-state index contributed by atoms with van der Waals surface area (Å²) in [5.74, 6) is -0.529. The molecule has 3 rings (SSSR count). The van der Waals surface area contributed by atoms with Crippen molar-refractivity contribution in [3.05, 3.63) is 59.4 Å². The molecule has 1 N–H and O–H groups in total.